The first-order chi connectivity index (χ1) is 6.11. The minimum absolute atomic E-state index is 0.0744. The molecule has 2 atom stereocenters. The molecule has 0 saturated heterocycles. The smallest absolute Gasteiger partial charge is 0.320 e. The van der Waals surface area contributed by atoms with E-state index in [1.165, 1.54) is 0 Å². The van der Waals surface area contributed by atoms with Crippen LogP contribution in [0.3, 0.4) is 0 Å². The molecule has 1 aliphatic carbocycles. The van der Waals surface area contributed by atoms with Crippen LogP contribution < -0.4 is 5.73 Å². The molecule has 0 heterocycles. The lowest BCUT2D eigenvalue weighted by molar-refractivity contribution is -0.139. The number of ketones is 1. The largest absolute Gasteiger partial charge is 0.480 e. The number of nitrogens with two attached hydrogens (primary N) is 1. The van der Waals surface area contributed by atoms with Gasteiger partial charge in [0.2, 0.25) is 0 Å². The molecular weight excluding hydrogens is 170 g/mol. The predicted molar refractivity (Wildman–Crippen MR) is 47.2 cm³/mol. The first kappa shape index (κ1) is 10.2. The van der Waals surface area contributed by atoms with Crippen LogP contribution in [0.4, 0.5) is 0 Å². The number of carbonyl (C=O) groups excluding carboxylic acids is 1. The molecule has 0 radical (unpaired) electrons. The van der Waals surface area contributed by atoms with Crippen LogP contribution in [0.5, 0.6) is 0 Å². The van der Waals surface area contributed by atoms with E-state index in [2.05, 4.69) is 0 Å². The van der Waals surface area contributed by atoms with Gasteiger partial charge in [0.05, 0.1) is 0 Å². The van der Waals surface area contributed by atoms with Crippen molar-refractivity contribution in [3.8, 4) is 0 Å². The van der Waals surface area contributed by atoms with E-state index in [0.29, 0.717) is 19.3 Å². The highest BCUT2D eigenvalue weighted by Gasteiger charge is 2.25. The SMILES string of the molecule is N[C@H](CCC1CCCC1=O)C(=O)O. The fourth-order valence-corrected chi connectivity index (χ4v) is 1.70. The number of aliphatic carboxylic acids is 1. The third-order valence-corrected chi connectivity index (χ3v) is 2.57. The van der Waals surface area contributed by atoms with E-state index in [1.807, 2.05) is 0 Å². The topological polar surface area (TPSA) is 80.4 Å². The van der Waals surface area contributed by atoms with E-state index in [1.54, 1.807) is 0 Å². The van der Waals surface area contributed by atoms with Crippen molar-refractivity contribution in [1.29, 1.82) is 0 Å². The highest BCUT2D eigenvalue weighted by Crippen LogP contribution is 2.25. The molecule has 0 aromatic heterocycles. The Hall–Kier alpha value is -0.900. The van der Waals surface area contributed by atoms with Gasteiger partial charge in [-0.25, -0.2) is 0 Å². The standard InChI is InChI=1S/C9H15NO3/c10-7(9(12)13)5-4-6-2-1-3-8(6)11/h6-7H,1-5,10H2,(H,12,13)/t6?,7-/m1/s1. The fraction of sp³-hybridized carbons (Fsp3) is 0.778. The van der Waals surface area contributed by atoms with Crippen molar-refractivity contribution in [1.82, 2.24) is 0 Å². The molecule has 0 spiro atoms. The lowest BCUT2D eigenvalue weighted by atomic mass is 9.98. The minimum Gasteiger partial charge on any atom is -0.480 e. The van der Waals surface area contributed by atoms with Crippen LogP contribution in [0.15, 0.2) is 0 Å². The zero-order chi connectivity index (χ0) is 9.84. The average molecular weight is 185 g/mol. The van der Waals surface area contributed by atoms with E-state index in [0.717, 1.165) is 12.8 Å². The summed E-state index contributed by atoms with van der Waals surface area (Å²) < 4.78 is 0. The Labute approximate surface area is 77.1 Å². The molecule has 74 valence electrons. The number of carboxylic acids is 1. The number of carbonyl (C=O) groups is 2. The van der Waals surface area contributed by atoms with Crippen molar-refractivity contribution < 1.29 is 14.7 Å². The van der Waals surface area contributed by atoms with Crippen molar-refractivity contribution in [2.24, 2.45) is 11.7 Å². The molecule has 0 amide bonds. The van der Waals surface area contributed by atoms with Gasteiger partial charge in [0.25, 0.3) is 0 Å². The van der Waals surface area contributed by atoms with Gasteiger partial charge in [-0.15, -0.1) is 0 Å². The molecule has 3 N–H and O–H groups in total. The Balaban J connectivity index is 2.25. The number of hydrogen-bond acceptors (Lipinski definition) is 3. The van der Waals surface area contributed by atoms with Gasteiger partial charge in [-0.2, -0.15) is 0 Å². The summed E-state index contributed by atoms with van der Waals surface area (Å²) in [5.74, 6) is -0.631. The van der Waals surface area contributed by atoms with Crippen LogP contribution in [0.1, 0.15) is 32.1 Å². The van der Waals surface area contributed by atoms with E-state index in [9.17, 15) is 9.59 Å². The summed E-state index contributed by atoms with van der Waals surface area (Å²) in [6.45, 7) is 0. The summed E-state index contributed by atoms with van der Waals surface area (Å²) in [7, 11) is 0. The van der Waals surface area contributed by atoms with Crippen molar-refractivity contribution in [2.75, 3.05) is 0 Å². The van der Waals surface area contributed by atoms with Gasteiger partial charge in [-0.05, 0) is 25.7 Å². The number of Topliss-reactive ketones (excluding diaryl/α,β-unsaturated/α-hetero) is 1. The lowest BCUT2D eigenvalue weighted by Crippen LogP contribution is -2.30. The van der Waals surface area contributed by atoms with Gasteiger partial charge in [-0.3, -0.25) is 9.59 Å². The van der Waals surface area contributed by atoms with Gasteiger partial charge in [-0.1, -0.05) is 0 Å². The second-order valence-electron chi connectivity index (χ2n) is 3.58. The Morgan fingerprint density at radius 3 is 2.85 bits per heavy atom. The van der Waals surface area contributed by atoms with E-state index in [-0.39, 0.29) is 11.7 Å². The molecule has 1 aliphatic rings. The second-order valence-corrected chi connectivity index (χ2v) is 3.58. The monoisotopic (exact) mass is 185 g/mol. The molecule has 4 nitrogen and oxygen atoms in total. The highest BCUT2D eigenvalue weighted by molar-refractivity contribution is 5.82. The van der Waals surface area contributed by atoms with Gasteiger partial charge >= 0.3 is 5.97 Å². The second kappa shape index (κ2) is 4.37. The Morgan fingerprint density at radius 1 is 1.69 bits per heavy atom. The van der Waals surface area contributed by atoms with Crippen LogP contribution in [0.2, 0.25) is 0 Å². The molecule has 4 heteroatoms. The lowest BCUT2D eigenvalue weighted by Gasteiger charge is -2.09. The highest BCUT2D eigenvalue weighted by atomic mass is 16.4. The molecule has 1 fully saturated rings. The van der Waals surface area contributed by atoms with E-state index in [4.69, 9.17) is 10.8 Å². The minimum atomic E-state index is -0.981. The van der Waals surface area contributed by atoms with Gasteiger partial charge in [0, 0.05) is 12.3 Å². The van der Waals surface area contributed by atoms with Gasteiger partial charge in [0.1, 0.15) is 11.8 Å². The fourth-order valence-electron chi connectivity index (χ4n) is 1.70. The molecule has 1 unspecified atom stereocenters. The normalized spacial score (nSPS) is 24.7. The van der Waals surface area contributed by atoms with E-state index >= 15 is 0 Å². The zero-order valence-electron chi connectivity index (χ0n) is 7.53. The quantitative estimate of drug-likeness (QED) is 0.670. The molecule has 0 aromatic rings. The van der Waals surface area contributed by atoms with E-state index < -0.39 is 12.0 Å². The third kappa shape index (κ3) is 2.81. The molecule has 1 rings (SSSR count). The summed E-state index contributed by atoms with van der Waals surface area (Å²) >= 11 is 0. The first-order valence-electron chi connectivity index (χ1n) is 4.62. The number of carboxylic acid groups (broad SMARTS) is 1. The molecule has 0 bridgehead atoms. The summed E-state index contributed by atoms with van der Waals surface area (Å²) in [5.41, 5.74) is 5.33. The molecule has 13 heavy (non-hydrogen) atoms. The average Bonchev–Trinajstić information content (AvgIpc) is 2.47. The maximum absolute atomic E-state index is 11.2. The molecular formula is C9H15NO3. The summed E-state index contributed by atoms with van der Waals surface area (Å²) in [6.07, 6.45) is 3.56. The van der Waals surface area contributed by atoms with Crippen molar-refractivity contribution in [2.45, 2.75) is 38.1 Å². The third-order valence-electron chi connectivity index (χ3n) is 2.57. The molecule has 1 saturated carbocycles. The van der Waals surface area contributed by atoms with Crippen LogP contribution in [-0.4, -0.2) is 22.9 Å². The Morgan fingerprint density at radius 2 is 2.38 bits per heavy atom. The van der Waals surface area contributed by atoms with Gasteiger partial charge in [0.15, 0.2) is 0 Å². The van der Waals surface area contributed by atoms with Crippen LogP contribution in [0, 0.1) is 5.92 Å². The number of rotatable bonds is 4. The Kier molecular flexibility index (Phi) is 3.42. The van der Waals surface area contributed by atoms with Crippen LogP contribution in [-0.2, 0) is 9.59 Å². The van der Waals surface area contributed by atoms with Crippen molar-refractivity contribution in [3.05, 3.63) is 0 Å². The maximum atomic E-state index is 11.2. The van der Waals surface area contributed by atoms with Crippen LogP contribution in [0.25, 0.3) is 0 Å². The molecule has 0 aliphatic heterocycles. The summed E-state index contributed by atoms with van der Waals surface area (Å²) in [6, 6.07) is -0.812. The van der Waals surface area contributed by atoms with Crippen molar-refractivity contribution >= 4 is 11.8 Å². The molecule has 0 aromatic carbocycles. The summed E-state index contributed by atoms with van der Waals surface area (Å²) in [4.78, 5) is 21.5. The van der Waals surface area contributed by atoms with Gasteiger partial charge < -0.3 is 10.8 Å². The maximum Gasteiger partial charge on any atom is 0.320 e. The van der Waals surface area contributed by atoms with Crippen molar-refractivity contribution in [3.63, 3.8) is 0 Å². The predicted octanol–water partition coefficient (Wildman–Crippen LogP) is 0.548. The van der Waals surface area contributed by atoms with Crippen LogP contribution >= 0.6 is 0 Å². The Bertz CT molecular complexity index is 215. The first-order valence-corrected chi connectivity index (χ1v) is 4.62. The zero-order valence-corrected chi connectivity index (χ0v) is 7.53. The number of hydrogen-bond donors (Lipinski definition) is 2. The summed E-state index contributed by atoms with van der Waals surface area (Å²) in [5, 5.41) is 8.51.